The standard InChI is InChI=1S/C24H23Cl2FN6O3/c1-12(19-17(25)2-3-18(27)20(19)26)36-22-21-15(9-30-23(22)28)16(11-35-21)13-8-31-33(10-13)14-4-6-32(7-5-14)24(29)34/h2-3,8-12,14H,4-7H2,1H3,(H2,28,30)(H2,29,34)/t12-/m1/s1. The molecule has 4 aromatic rings. The average molecular weight is 533 g/mol. The second kappa shape index (κ2) is 9.51. The fourth-order valence-corrected chi connectivity index (χ4v) is 5.17. The van der Waals surface area contributed by atoms with Crippen LogP contribution in [0.2, 0.25) is 10.0 Å². The van der Waals surface area contributed by atoms with Crippen LogP contribution in [-0.4, -0.2) is 38.8 Å². The number of hydrogen-bond donors (Lipinski definition) is 2. The van der Waals surface area contributed by atoms with Gasteiger partial charge in [0.05, 0.1) is 22.6 Å². The Balaban J connectivity index is 1.43. The summed E-state index contributed by atoms with van der Waals surface area (Å²) in [5.41, 5.74) is 13.8. The fraction of sp³-hybridized carbons (Fsp3) is 0.292. The summed E-state index contributed by atoms with van der Waals surface area (Å²) in [6.45, 7) is 2.86. The van der Waals surface area contributed by atoms with Crippen molar-refractivity contribution in [3.05, 3.63) is 58.4 Å². The Labute approximate surface area is 215 Å². The van der Waals surface area contributed by atoms with Crippen molar-refractivity contribution in [2.45, 2.75) is 31.9 Å². The van der Waals surface area contributed by atoms with Gasteiger partial charge in [0.25, 0.3) is 0 Å². The highest BCUT2D eigenvalue weighted by Crippen LogP contribution is 2.41. The van der Waals surface area contributed by atoms with E-state index < -0.39 is 18.0 Å². The van der Waals surface area contributed by atoms with Crippen LogP contribution >= 0.6 is 23.2 Å². The predicted octanol–water partition coefficient (Wildman–Crippen LogP) is 5.58. The molecule has 1 saturated heterocycles. The molecule has 5 rings (SSSR count). The normalized spacial score (nSPS) is 15.4. The summed E-state index contributed by atoms with van der Waals surface area (Å²) in [4.78, 5) is 17.3. The highest BCUT2D eigenvalue weighted by molar-refractivity contribution is 6.36. The van der Waals surface area contributed by atoms with Crippen LogP contribution in [0.4, 0.5) is 15.0 Å². The van der Waals surface area contributed by atoms with Crippen LogP contribution in [0, 0.1) is 5.82 Å². The number of ether oxygens (including phenoxy) is 1. The number of piperidine rings is 1. The highest BCUT2D eigenvalue weighted by atomic mass is 35.5. The number of amides is 2. The Kier molecular flexibility index (Phi) is 6.40. The first-order valence-corrected chi connectivity index (χ1v) is 12.0. The molecule has 0 saturated carbocycles. The molecule has 3 aromatic heterocycles. The number of aromatic nitrogens is 3. The Bertz CT molecular complexity index is 1450. The number of nitrogen functional groups attached to an aromatic ring is 1. The van der Waals surface area contributed by atoms with Crippen LogP contribution in [0.3, 0.4) is 0 Å². The first-order valence-electron chi connectivity index (χ1n) is 11.3. The quantitative estimate of drug-likeness (QED) is 0.323. The van der Waals surface area contributed by atoms with Crippen LogP contribution in [0.15, 0.2) is 41.4 Å². The van der Waals surface area contributed by atoms with E-state index in [4.69, 9.17) is 43.8 Å². The van der Waals surface area contributed by atoms with Crippen molar-refractivity contribution in [1.82, 2.24) is 19.7 Å². The molecule has 4 heterocycles. The molecule has 1 fully saturated rings. The third-order valence-electron chi connectivity index (χ3n) is 6.44. The SMILES string of the molecule is C[C@@H](Oc1c(N)ncc2c(-c3cnn(C4CCN(C(N)=O)CC4)c3)coc12)c1c(Cl)ccc(F)c1Cl. The lowest BCUT2D eigenvalue weighted by molar-refractivity contribution is 0.177. The number of benzene rings is 1. The molecule has 12 heteroatoms. The zero-order valence-corrected chi connectivity index (χ0v) is 20.8. The van der Waals surface area contributed by atoms with Crippen molar-refractivity contribution in [2.75, 3.05) is 18.8 Å². The molecular formula is C24H23Cl2FN6O3. The molecule has 0 unspecified atom stereocenters. The number of nitrogens with zero attached hydrogens (tertiary/aromatic N) is 4. The smallest absolute Gasteiger partial charge is 0.314 e. The zero-order valence-electron chi connectivity index (χ0n) is 19.2. The number of nitrogens with two attached hydrogens (primary N) is 2. The van der Waals surface area contributed by atoms with E-state index in [1.807, 2.05) is 10.9 Å². The van der Waals surface area contributed by atoms with E-state index in [9.17, 15) is 9.18 Å². The van der Waals surface area contributed by atoms with Gasteiger partial charge < -0.3 is 25.5 Å². The van der Waals surface area contributed by atoms with Crippen molar-refractivity contribution in [3.8, 4) is 16.9 Å². The van der Waals surface area contributed by atoms with Crippen LogP contribution in [0.5, 0.6) is 5.75 Å². The van der Waals surface area contributed by atoms with Gasteiger partial charge in [0.1, 0.15) is 18.2 Å². The van der Waals surface area contributed by atoms with Gasteiger partial charge >= 0.3 is 6.03 Å². The zero-order chi connectivity index (χ0) is 25.6. The fourth-order valence-electron chi connectivity index (χ4n) is 4.50. The minimum atomic E-state index is -0.738. The number of furan rings is 1. The molecule has 36 heavy (non-hydrogen) atoms. The maximum atomic E-state index is 14.0. The maximum absolute atomic E-state index is 14.0. The highest BCUT2D eigenvalue weighted by Gasteiger charge is 2.25. The monoisotopic (exact) mass is 532 g/mol. The summed E-state index contributed by atoms with van der Waals surface area (Å²) in [7, 11) is 0. The van der Waals surface area contributed by atoms with E-state index in [0.717, 1.165) is 24.0 Å². The first kappa shape index (κ1) is 24.2. The predicted molar refractivity (Wildman–Crippen MR) is 135 cm³/mol. The molecule has 4 N–H and O–H groups in total. The molecule has 188 valence electrons. The van der Waals surface area contributed by atoms with Gasteiger partial charge in [-0.1, -0.05) is 23.2 Å². The van der Waals surface area contributed by atoms with E-state index >= 15 is 0 Å². The number of anilines is 1. The molecule has 1 aliphatic heterocycles. The topological polar surface area (TPSA) is 125 Å². The molecule has 0 aliphatic carbocycles. The minimum Gasteiger partial charge on any atom is -0.478 e. The lowest BCUT2D eigenvalue weighted by Gasteiger charge is -2.30. The summed E-state index contributed by atoms with van der Waals surface area (Å²) in [5.74, 6) is -0.293. The number of hydrogen-bond acceptors (Lipinski definition) is 6. The summed E-state index contributed by atoms with van der Waals surface area (Å²) in [6, 6.07) is 2.36. The average Bonchev–Trinajstić information content (AvgIpc) is 3.51. The number of pyridine rings is 1. The van der Waals surface area contributed by atoms with Crippen molar-refractivity contribution in [3.63, 3.8) is 0 Å². The van der Waals surface area contributed by atoms with Gasteiger partial charge in [-0.25, -0.2) is 14.2 Å². The molecule has 1 atom stereocenters. The number of carbonyl (C=O) groups excluding carboxylic acids is 1. The summed E-state index contributed by atoms with van der Waals surface area (Å²) >= 11 is 12.4. The van der Waals surface area contributed by atoms with Gasteiger partial charge in [-0.15, -0.1) is 0 Å². The number of halogens is 3. The van der Waals surface area contributed by atoms with E-state index in [2.05, 4.69) is 10.1 Å². The second-order valence-electron chi connectivity index (χ2n) is 8.65. The van der Waals surface area contributed by atoms with Gasteiger partial charge in [0.2, 0.25) is 5.75 Å². The number of rotatable bonds is 5. The number of likely N-dealkylation sites (tertiary alicyclic amines) is 1. The number of primary amides is 1. The summed E-state index contributed by atoms with van der Waals surface area (Å²) < 4.78 is 27.8. The Morgan fingerprint density at radius 1 is 1.28 bits per heavy atom. The molecule has 0 bridgehead atoms. The van der Waals surface area contributed by atoms with Crippen LogP contribution in [-0.2, 0) is 0 Å². The first-order chi connectivity index (χ1) is 17.2. The largest absolute Gasteiger partial charge is 0.478 e. The Morgan fingerprint density at radius 3 is 2.75 bits per heavy atom. The van der Waals surface area contributed by atoms with Crippen LogP contribution in [0.1, 0.15) is 37.5 Å². The number of urea groups is 1. The summed E-state index contributed by atoms with van der Waals surface area (Å²) in [6.07, 6.45) is 7.65. The minimum absolute atomic E-state index is 0.107. The Morgan fingerprint density at radius 2 is 2.03 bits per heavy atom. The number of carbonyl (C=O) groups is 1. The Hall–Kier alpha value is -3.50. The van der Waals surface area contributed by atoms with Gasteiger partial charge in [-0.05, 0) is 31.9 Å². The van der Waals surface area contributed by atoms with Crippen molar-refractivity contribution in [2.24, 2.45) is 5.73 Å². The number of fused-ring (bicyclic) bond motifs is 1. The van der Waals surface area contributed by atoms with Crippen molar-refractivity contribution in [1.29, 1.82) is 0 Å². The third-order valence-corrected chi connectivity index (χ3v) is 7.16. The van der Waals surface area contributed by atoms with E-state index in [0.29, 0.717) is 29.6 Å². The van der Waals surface area contributed by atoms with Crippen LogP contribution < -0.4 is 16.2 Å². The molecular weight excluding hydrogens is 510 g/mol. The van der Waals surface area contributed by atoms with E-state index in [1.54, 1.807) is 30.5 Å². The van der Waals surface area contributed by atoms with Crippen LogP contribution in [0.25, 0.3) is 22.1 Å². The lowest BCUT2D eigenvalue weighted by atomic mass is 10.1. The van der Waals surface area contributed by atoms with Crippen molar-refractivity contribution >= 4 is 46.0 Å². The van der Waals surface area contributed by atoms with Gasteiger partial charge in [0.15, 0.2) is 11.4 Å². The molecule has 0 radical (unpaired) electrons. The maximum Gasteiger partial charge on any atom is 0.314 e. The molecule has 0 spiro atoms. The van der Waals surface area contributed by atoms with Gasteiger partial charge in [-0.3, -0.25) is 4.68 Å². The molecule has 1 aliphatic rings. The third kappa shape index (κ3) is 4.31. The van der Waals surface area contributed by atoms with Crippen molar-refractivity contribution < 1.29 is 18.3 Å². The van der Waals surface area contributed by atoms with E-state index in [1.165, 1.54) is 12.1 Å². The molecule has 1 aromatic carbocycles. The molecule has 2 amide bonds. The van der Waals surface area contributed by atoms with E-state index in [-0.39, 0.29) is 27.7 Å². The van der Waals surface area contributed by atoms with Gasteiger partial charge in [0, 0.05) is 47.2 Å². The second-order valence-corrected chi connectivity index (χ2v) is 9.43. The summed E-state index contributed by atoms with van der Waals surface area (Å²) in [5, 5.41) is 5.34. The molecule has 9 nitrogen and oxygen atoms in total. The van der Waals surface area contributed by atoms with Gasteiger partial charge in [-0.2, -0.15) is 5.10 Å². The lowest BCUT2D eigenvalue weighted by Crippen LogP contribution is -2.42.